The average Bonchev–Trinajstić information content (AvgIpc) is 2.85. The van der Waals surface area contributed by atoms with Crippen molar-refractivity contribution in [1.82, 2.24) is 14.0 Å². The summed E-state index contributed by atoms with van der Waals surface area (Å²) in [6, 6.07) is 5.26. The van der Waals surface area contributed by atoms with Crippen LogP contribution in [0.15, 0.2) is 34.0 Å². The van der Waals surface area contributed by atoms with Crippen LogP contribution in [0.25, 0.3) is 16.7 Å². The van der Waals surface area contributed by atoms with Crippen molar-refractivity contribution in [2.45, 2.75) is 19.4 Å². The van der Waals surface area contributed by atoms with E-state index in [2.05, 4.69) is 4.98 Å². The smallest absolute Gasteiger partial charge is 0.279 e. The Labute approximate surface area is 132 Å². The molecule has 0 fully saturated rings. The van der Waals surface area contributed by atoms with Gasteiger partial charge in [0, 0.05) is 6.54 Å². The summed E-state index contributed by atoms with van der Waals surface area (Å²) in [6.45, 7) is 0.959. The lowest BCUT2D eigenvalue weighted by Crippen LogP contribution is -2.35. The molecule has 0 aromatic carbocycles. The third kappa shape index (κ3) is 2.74. The maximum absolute atomic E-state index is 12.3. The Morgan fingerprint density at radius 2 is 1.76 bits per heavy atom. The van der Waals surface area contributed by atoms with Crippen molar-refractivity contribution in [2.24, 2.45) is 5.73 Å². The molecule has 3 aromatic rings. The molecule has 3 rings (SSSR count). The molecule has 6 nitrogen and oxygen atoms in total. The van der Waals surface area contributed by atoms with E-state index >= 15 is 0 Å². The highest BCUT2D eigenvalue weighted by Crippen LogP contribution is 2.09. The molecule has 8 heteroatoms. The monoisotopic (exact) mass is 330 g/mol. The van der Waals surface area contributed by atoms with Gasteiger partial charge in [0.2, 0.25) is 0 Å². The third-order valence-corrected chi connectivity index (χ3v) is 3.29. The molecule has 0 saturated heterocycles. The Bertz CT molecular complexity index is 843. The molecule has 0 bridgehead atoms. The average molecular weight is 331 g/mol. The van der Waals surface area contributed by atoms with Crippen LogP contribution in [-0.2, 0) is 6.54 Å². The van der Waals surface area contributed by atoms with Crippen LogP contribution in [0, 0.1) is 0 Å². The van der Waals surface area contributed by atoms with E-state index in [1.54, 1.807) is 22.6 Å². The molecule has 21 heavy (non-hydrogen) atoms. The van der Waals surface area contributed by atoms with Gasteiger partial charge in [-0.3, -0.25) is 18.6 Å². The minimum atomic E-state index is -0.284. The highest BCUT2D eigenvalue weighted by Gasteiger charge is 2.13. The number of pyridine rings is 1. The van der Waals surface area contributed by atoms with Crippen LogP contribution in [0.5, 0.6) is 0 Å². The molecule has 2 N–H and O–H groups in total. The quantitative estimate of drug-likeness (QED) is 0.724. The van der Waals surface area contributed by atoms with Crippen molar-refractivity contribution < 1.29 is 0 Å². The minimum absolute atomic E-state index is 0. The predicted octanol–water partition coefficient (Wildman–Crippen LogP) is 1.03. The molecule has 0 aliphatic heterocycles. The van der Waals surface area contributed by atoms with Crippen molar-refractivity contribution in [1.29, 1.82) is 0 Å². The van der Waals surface area contributed by atoms with E-state index in [0.717, 1.165) is 12.8 Å². The maximum atomic E-state index is 12.3. The summed E-state index contributed by atoms with van der Waals surface area (Å²) in [5, 5.41) is 0. The lowest BCUT2D eigenvalue weighted by molar-refractivity contribution is 0.587. The standard InChI is InChI=1S/C13H14N4O2.2ClH/c14-6-1-2-7-16-12(18)9-4-3-5-11-15-8-10(13(16)19)17(9)11;;/h3-5,8H,1-2,6-7,14H2;2*1H. The highest BCUT2D eigenvalue weighted by atomic mass is 35.5. The molecule has 0 saturated carbocycles. The van der Waals surface area contributed by atoms with Crippen LogP contribution < -0.4 is 16.9 Å². The molecule has 0 radical (unpaired) electrons. The van der Waals surface area contributed by atoms with E-state index in [1.165, 1.54) is 10.8 Å². The second-order valence-corrected chi connectivity index (χ2v) is 4.51. The second kappa shape index (κ2) is 6.89. The van der Waals surface area contributed by atoms with Crippen LogP contribution in [0.3, 0.4) is 0 Å². The first-order valence-electron chi connectivity index (χ1n) is 6.27. The summed E-state index contributed by atoms with van der Waals surface area (Å²) in [5.41, 5.74) is 6.43. The fourth-order valence-corrected chi connectivity index (χ4v) is 2.34. The molecule has 0 amide bonds. The van der Waals surface area contributed by atoms with Gasteiger partial charge >= 0.3 is 0 Å². The summed E-state index contributed by atoms with van der Waals surface area (Å²) in [7, 11) is 0. The van der Waals surface area contributed by atoms with Crippen molar-refractivity contribution in [2.75, 3.05) is 6.54 Å². The van der Waals surface area contributed by atoms with Crippen molar-refractivity contribution in [3.63, 3.8) is 0 Å². The van der Waals surface area contributed by atoms with Gasteiger partial charge in [0.25, 0.3) is 11.1 Å². The van der Waals surface area contributed by atoms with Gasteiger partial charge in [0.1, 0.15) is 16.7 Å². The van der Waals surface area contributed by atoms with E-state index < -0.39 is 0 Å². The zero-order valence-corrected chi connectivity index (χ0v) is 12.8. The maximum Gasteiger partial charge on any atom is 0.279 e. The molecular formula is C13H16Cl2N4O2. The van der Waals surface area contributed by atoms with E-state index in [4.69, 9.17) is 5.73 Å². The molecule has 0 atom stereocenters. The van der Waals surface area contributed by atoms with Gasteiger partial charge in [0.15, 0.2) is 0 Å². The molecule has 0 spiro atoms. The Hall–Kier alpha value is -1.63. The minimum Gasteiger partial charge on any atom is -0.330 e. The second-order valence-electron chi connectivity index (χ2n) is 4.51. The highest BCUT2D eigenvalue weighted by molar-refractivity contribution is 5.85. The normalized spacial score (nSPS) is 10.5. The van der Waals surface area contributed by atoms with Crippen LogP contribution >= 0.6 is 24.8 Å². The molecule has 0 unspecified atom stereocenters. The molecule has 114 valence electrons. The van der Waals surface area contributed by atoms with E-state index in [-0.39, 0.29) is 35.9 Å². The van der Waals surface area contributed by atoms with Gasteiger partial charge in [-0.25, -0.2) is 4.98 Å². The van der Waals surface area contributed by atoms with Crippen LogP contribution in [0.4, 0.5) is 0 Å². The van der Waals surface area contributed by atoms with E-state index in [0.29, 0.717) is 29.8 Å². The van der Waals surface area contributed by atoms with Gasteiger partial charge < -0.3 is 5.73 Å². The fraction of sp³-hybridized carbons (Fsp3) is 0.308. The Morgan fingerprint density at radius 3 is 2.48 bits per heavy atom. The lowest BCUT2D eigenvalue weighted by atomic mass is 10.3. The van der Waals surface area contributed by atoms with E-state index in [1.807, 2.05) is 0 Å². The number of nitrogens with two attached hydrogens (primary N) is 1. The third-order valence-electron chi connectivity index (χ3n) is 3.29. The Morgan fingerprint density at radius 1 is 1.05 bits per heavy atom. The zero-order chi connectivity index (χ0) is 13.4. The fourth-order valence-electron chi connectivity index (χ4n) is 2.34. The number of halogens is 2. The van der Waals surface area contributed by atoms with Crippen molar-refractivity contribution in [3.8, 4) is 0 Å². The van der Waals surface area contributed by atoms with Gasteiger partial charge in [-0.15, -0.1) is 24.8 Å². The number of unbranched alkanes of at least 4 members (excludes halogenated alkanes) is 1. The topological polar surface area (TPSA) is 82.4 Å². The number of hydrogen-bond donors (Lipinski definition) is 1. The number of hydrogen-bond acceptors (Lipinski definition) is 4. The molecule has 0 aliphatic carbocycles. The van der Waals surface area contributed by atoms with Crippen LogP contribution in [0.1, 0.15) is 12.8 Å². The molecule has 0 aliphatic rings. The number of imidazole rings is 1. The molecule has 3 heterocycles. The SMILES string of the molecule is Cl.Cl.NCCCCn1c(=O)c2cccc3ncc(c1=O)n32. The number of rotatable bonds is 4. The lowest BCUT2D eigenvalue weighted by Gasteiger charge is -2.07. The van der Waals surface area contributed by atoms with Gasteiger partial charge in [-0.1, -0.05) is 6.07 Å². The summed E-state index contributed by atoms with van der Waals surface area (Å²) in [6.07, 6.45) is 3.03. The number of aromatic nitrogens is 3. The Balaban J connectivity index is 0.00000110. The molecule has 3 aromatic heterocycles. The summed E-state index contributed by atoms with van der Waals surface area (Å²) in [5.74, 6) is 0. The number of nitrogens with zero attached hydrogens (tertiary/aromatic N) is 3. The summed E-state index contributed by atoms with van der Waals surface area (Å²) >= 11 is 0. The first-order chi connectivity index (χ1) is 9.24. The molecular weight excluding hydrogens is 315 g/mol. The van der Waals surface area contributed by atoms with Crippen LogP contribution in [-0.4, -0.2) is 20.5 Å². The zero-order valence-electron chi connectivity index (χ0n) is 11.2. The predicted molar refractivity (Wildman–Crippen MR) is 87.2 cm³/mol. The van der Waals surface area contributed by atoms with Gasteiger partial charge in [-0.05, 0) is 31.5 Å². The first-order valence-corrected chi connectivity index (χ1v) is 6.27. The summed E-state index contributed by atoms with van der Waals surface area (Å²) in [4.78, 5) is 28.8. The van der Waals surface area contributed by atoms with Crippen LogP contribution in [0.2, 0.25) is 0 Å². The van der Waals surface area contributed by atoms with Gasteiger partial charge in [-0.2, -0.15) is 0 Å². The van der Waals surface area contributed by atoms with E-state index in [9.17, 15) is 9.59 Å². The largest absolute Gasteiger partial charge is 0.330 e. The first kappa shape index (κ1) is 17.4. The Kier molecular flexibility index (Phi) is 5.71. The van der Waals surface area contributed by atoms with Gasteiger partial charge in [0.05, 0.1) is 6.20 Å². The van der Waals surface area contributed by atoms with Crippen molar-refractivity contribution in [3.05, 3.63) is 45.1 Å². The summed E-state index contributed by atoms with van der Waals surface area (Å²) < 4.78 is 2.89. The van der Waals surface area contributed by atoms with Crippen molar-refractivity contribution >= 4 is 41.5 Å².